The van der Waals surface area contributed by atoms with Crippen LogP contribution in [0.5, 0.6) is 5.75 Å². The summed E-state index contributed by atoms with van der Waals surface area (Å²) in [5.41, 5.74) is 6.00. The van der Waals surface area contributed by atoms with Crippen molar-refractivity contribution < 1.29 is 14.6 Å². The summed E-state index contributed by atoms with van der Waals surface area (Å²) < 4.78 is 5.52. The molecular formula is C24H23NO3. The number of hydrogen-bond acceptors (Lipinski definition) is 3. The highest BCUT2D eigenvalue weighted by molar-refractivity contribution is 5.79. The van der Waals surface area contributed by atoms with Crippen LogP contribution in [-0.4, -0.2) is 24.4 Å². The summed E-state index contributed by atoms with van der Waals surface area (Å²) in [6.45, 7) is 0.884. The van der Waals surface area contributed by atoms with Crippen molar-refractivity contribution in [2.75, 3.05) is 13.2 Å². The van der Waals surface area contributed by atoms with Crippen molar-refractivity contribution >= 4 is 6.09 Å². The number of benzene rings is 3. The molecule has 2 N–H and O–H groups in total. The van der Waals surface area contributed by atoms with E-state index in [1.54, 1.807) is 12.1 Å². The fourth-order valence-corrected chi connectivity index (χ4v) is 3.80. The fourth-order valence-electron chi connectivity index (χ4n) is 3.80. The molecule has 3 aromatic carbocycles. The number of amides is 1. The monoisotopic (exact) mass is 373 g/mol. The minimum Gasteiger partial charge on any atom is -0.508 e. The van der Waals surface area contributed by atoms with Crippen LogP contribution >= 0.6 is 0 Å². The van der Waals surface area contributed by atoms with Crippen molar-refractivity contribution in [3.63, 3.8) is 0 Å². The van der Waals surface area contributed by atoms with Crippen LogP contribution in [0.1, 0.15) is 29.0 Å². The van der Waals surface area contributed by atoms with Crippen LogP contribution in [0, 0.1) is 0 Å². The van der Waals surface area contributed by atoms with E-state index < -0.39 is 0 Å². The third-order valence-corrected chi connectivity index (χ3v) is 5.19. The van der Waals surface area contributed by atoms with Gasteiger partial charge in [0.05, 0.1) is 0 Å². The normalized spacial score (nSPS) is 12.3. The number of phenols is 1. The minimum absolute atomic E-state index is 0.0788. The van der Waals surface area contributed by atoms with Crippen LogP contribution in [-0.2, 0) is 11.2 Å². The molecule has 0 atom stereocenters. The zero-order valence-electron chi connectivity index (χ0n) is 15.6. The van der Waals surface area contributed by atoms with Gasteiger partial charge in [0.15, 0.2) is 0 Å². The van der Waals surface area contributed by atoms with Crippen LogP contribution in [0.25, 0.3) is 11.1 Å². The second kappa shape index (κ2) is 8.17. The summed E-state index contributed by atoms with van der Waals surface area (Å²) in [7, 11) is 0. The van der Waals surface area contributed by atoms with Crippen LogP contribution in [0.15, 0.2) is 72.8 Å². The Morgan fingerprint density at radius 3 is 2.14 bits per heavy atom. The van der Waals surface area contributed by atoms with Gasteiger partial charge in [-0.3, -0.25) is 0 Å². The third kappa shape index (κ3) is 3.86. The zero-order chi connectivity index (χ0) is 19.3. The molecular weight excluding hydrogens is 350 g/mol. The lowest BCUT2D eigenvalue weighted by molar-refractivity contribution is 0.143. The molecule has 0 saturated heterocycles. The maximum Gasteiger partial charge on any atom is 0.407 e. The van der Waals surface area contributed by atoms with Crippen molar-refractivity contribution in [2.45, 2.75) is 18.8 Å². The van der Waals surface area contributed by atoms with Gasteiger partial charge in [0.1, 0.15) is 12.4 Å². The molecule has 0 saturated carbocycles. The van der Waals surface area contributed by atoms with Crippen LogP contribution in [0.2, 0.25) is 0 Å². The zero-order valence-corrected chi connectivity index (χ0v) is 15.6. The topological polar surface area (TPSA) is 58.6 Å². The van der Waals surface area contributed by atoms with Crippen molar-refractivity contribution in [2.24, 2.45) is 0 Å². The number of carbonyl (C=O) groups excluding carboxylic acids is 1. The molecule has 0 aromatic heterocycles. The third-order valence-electron chi connectivity index (χ3n) is 5.19. The highest BCUT2D eigenvalue weighted by atomic mass is 16.5. The quantitative estimate of drug-likeness (QED) is 0.607. The van der Waals surface area contributed by atoms with E-state index in [2.05, 4.69) is 29.6 Å². The molecule has 1 aliphatic rings. The molecule has 3 aromatic rings. The lowest BCUT2D eigenvalue weighted by Crippen LogP contribution is -2.27. The molecule has 0 heterocycles. The van der Waals surface area contributed by atoms with E-state index in [1.807, 2.05) is 36.4 Å². The second-order valence-electron chi connectivity index (χ2n) is 7.02. The van der Waals surface area contributed by atoms with E-state index in [4.69, 9.17) is 4.74 Å². The number of fused-ring (bicyclic) bond motifs is 3. The molecule has 28 heavy (non-hydrogen) atoms. The van der Waals surface area contributed by atoms with Gasteiger partial charge in [-0.25, -0.2) is 4.79 Å². The van der Waals surface area contributed by atoms with E-state index in [9.17, 15) is 9.90 Å². The van der Waals surface area contributed by atoms with Crippen LogP contribution < -0.4 is 5.32 Å². The first kappa shape index (κ1) is 18.1. The average Bonchev–Trinajstić information content (AvgIpc) is 3.05. The number of nitrogens with one attached hydrogen (secondary N) is 1. The van der Waals surface area contributed by atoms with E-state index in [0.29, 0.717) is 13.2 Å². The van der Waals surface area contributed by atoms with Gasteiger partial charge in [0, 0.05) is 12.5 Å². The van der Waals surface area contributed by atoms with Gasteiger partial charge in [-0.2, -0.15) is 0 Å². The Morgan fingerprint density at radius 1 is 0.893 bits per heavy atom. The second-order valence-corrected chi connectivity index (χ2v) is 7.02. The standard InChI is InChI=1S/C24H23NO3/c26-18-13-11-17(12-14-18)6-5-15-25-24(27)28-16-23-21-9-3-1-7-19(21)20-8-2-4-10-22(20)23/h1-4,7-14,23,26H,5-6,15-16H2,(H,25,27). The maximum absolute atomic E-state index is 12.1. The van der Waals surface area contributed by atoms with Gasteiger partial charge in [0.2, 0.25) is 0 Å². The van der Waals surface area contributed by atoms with Gasteiger partial charge in [-0.1, -0.05) is 60.7 Å². The lowest BCUT2D eigenvalue weighted by atomic mass is 9.98. The van der Waals surface area contributed by atoms with Crippen LogP contribution in [0.4, 0.5) is 4.79 Å². The molecule has 0 aliphatic heterocycles. The maximum atomic E-state index is 12.1. The summed E-state index contributed by atoms with van der Waals surface area (Å²) in [5.74, 6) is 0.343. The first-order valence-corrected chi connectivity index (χ1v) is 9.59. The highest BCUT2D eigenvalue weighted by Gasteiger charge is 2.28. The number of aryl methyl sites for hydroxylation is 1. The molecule has 4 heteroatoms. The summed E-state index contributed by atoms with van der Waals surface area (Å²) in [5, 5.41) is 12.1. The molecule has 4 rings (SSSR count). The van der Waals surface area contributed by atoms with E-state index >= 15 is 0 Å². The summed E-state index contributed by atoms with van der Waals surface area (Å²) in [4.78, 5) is 12.1. The number of phenolic OH excluding ortho intramolecular Hbond substituents is 1. The van der Waals surface area contributed by atoms with Crippen LogP contribution in [0.3, 0.4) is 0 Å². The number of carbonyl (C=O) groups is 1. The lowest BCUT2D eigenvalue weighted by Gasteiger charge is -2.14. The summed E-state index contributed by atoms with van der Waals surface area (Å²) >= 11 is 0. The first-order valence-electron chi connectivity index (χ1n) is 9.59. The predicted molar refractivity (Wildman–Crippen MR) is 109 cm³/mol. The molecule has 0 radical (unpaired) electrons. The summed E-state index contributed by atoms with van der Waals surface area (Å²) in [6.07, 6.45) is 1.27. The molecule has 0 spiro atoms. The van der Waals surface area contributed by atoms with E-state index in [-0.39, 0.29) is 17.8 Å². The first-order chi connectivity index (χ1) is 13.7. The van der Waals surface area contributed by atoms with Gasteiger partial charge in [0.25, 0.3) is 0 Å². The molecule has 1 amide bonds. The minimum atomic E-state index is -0.382. The highest BCUT2D eigenvalue weighted by Crippen LogP contribution is 2.44. The number of alkyl carbamates (subject to hydrolysis) is 1. The molecule has 142 valence electrons. The molecule has 0 unspecified atom stereocenters. The Morgan fingerprint density at radius 2 is 1.50 bits per heavy atom. The summed E-state index contributed by atoms with van der Waals surface area (Å²) in [6, 6.07) is 23.7. The Hall–Kier alpha value is -3.27. The van der Waals surface area contributed by atoms with Gasteiger partial charge >= 0.3 is 6.09 Å². The molecule has 1 aliphatic carbocycles. The van der Waals surface area contributed by atoms with Gasteiger partial charge in [-0.05, 0) is 52.8 Å². The van der Waals surface area contributed by atoms with Crippen molar-refractivity contribution in [3.05, 3.63) is 89.5 Å². The van der Waals surface area contributed by atoms with Gasteiger partial charge < -0.3 is 15.2 Å². The molecule has 0 bridgehead atoms. The molecule has 4 nitrogen and oxygen atoms in total. The Kier molecular flexibility index (Phi) is 5.29. The largest absolute Gasteiger partial charge is 0.508 e. The number of rotatable bonds is 6. The average molecular weight is 373 g/mol. The molecule has 0 fully saturated rings. The van der Waals surface area contributed by atoms with Crippen molar-refractivity contribution in [1.82, 2.24) is 5.32 Å². The number of aromatic hydroxyl groups is 1. The Labute approximate surface area is 164 Å². The van der Waals surface area contributed by atoms with Crippen molar-refractivity contribution in [3.8, 4) is 16.9 Å². The number of ether oxygens (including phenoxy) is 1. The number of hydrogen-bond donors (Lipinski definition) is 2. The van der Waals surface area contributed by atoms with E-state index in [1.165, 1.54) is 22.3 Å². The Balaban J connectivity index is 1.28. The van der Waals surface area contributed by atoms with Gasteiger partial charge in [-0.15, -0.1) is 0 Å². The smallest absolute Gasteiger partial charge is 0.407 e. The SMILES string of the molecule is O=C(NCCCc1ccc(O)cc1)OCC1c2ccccc2-c2ccccc21. The Bertz CT molecular complexity index is 920. The fraction of sp³-hybridized carbons (Fsp3) is 0.208. The predicted octanol–water partition coefficient (Wildman–Crippen LogP) is 4.86. The van der Waals surface area contributed by atoms with Crippen molar-refractivity contribution in [1.29, 1.82) is 0 Å². The van der Waals surface area contributed by atoms with E-state index in [0.717, 1.165) is 18.4 Å².